The first-order chi connectivity index (χ1) is 16.2. The van der Waals surface area contributed by atoms with Crippen LogP contribution in [0.2, 0.25) is 0 Å². The average molecular weight is 470 g/mol. The molecular formula is C27H36FN3O3. The molecule has 34 heavy (non-hydrogen) atoms. The predicted molar refractivity (Wildman–Crippen MR) is 131 cm³/mol. The number of carbonyl (C=O) groups excluding carboxylic acids is 2. The van der Waals surface area contributed by atoms with Crippen LogP contribution in [0.15, 0.2) is 54.6 Å². The Morgan fingerprint density at radius 3 is 2.44 bits per heavy atom. The standard InChI is InChI=1S/C27H36FN3O3/c1-27(2,3)34-26(33)30-24(21-10-7-11-22(28)19-21)14-17-31-15-12-23(13-16-31)29-25(32)18-20-8-5-4-6-9-20/h4-11,19,23-24H,12-18H2,1-3H3,(H,29,32)(H,30,33)/t24-/m0/s1. The number of ether oxygens (including phenoxy) is 1. The van der Waals surface area contributed by atoms with Gasteiger partial charge in [-0.3, -0.25) is 4.79 Å². The van der Waals surface area contributed by atoms with Crippen LogP contribution >= 0.6 is 0 Å². The van der Waals surface area contributed by atoms with E-state index >= 15 is 0 Å². The lowest BCUT2D eigenvalue weighted by molar-refractivity contribution is -0.121. The fraction of sp³-hybridized carbons (Fsp3) is 0.481. The van der Waals surface area contributed by atoms with Crippen LogP contribution in [0, 0.1) is 5.82 Å². The number of amides is 2. The number of carbonyl (C=O) groups is 2. The number of rotatable bonds is 8. The fourth-order valence-electron chi connectivity index (χ4n) is 4.17. The van der Waals surface area contributed by atoms with E-state index in [0.717, 1.165) is 38.0 Å². The van der Waals surface area contributed by atoms with Crippen molar-refractivity contribution < 1.29 is 18.7 Å². The van der Waals surface area contributed by atoms with Gasteiger partial charge in [-0.15, -0.1) is 0 Å². The summed E-state index contributed by atoms with van der Waals surface area (Å²) in [6.45, 7) is 7.91. The smallest absolute Gasteiger partial charge is 0.408 e. The van der Waals surface area contributed by atoms with Gasteiger partial charge in [0, 0.05) is 25.7 Å². The van der Waals surface area contributed by atoms with Gasteiger partial charge in [0.1, 0.15) is 11.4 Å². The second-order valence-electron chi connectivity index (χ2n) is 9.89. The third kappa shape index (κ3) is 8.78. The summed E-state index contributed by atoms with van der Waals surface area (Å²) in [7, 11) is 0. The molecule has 0 aromatic heterocycles. The van der Waals surface area contributed by atoms with Crippen LogP contribution < -0.4 is 10.6 Å². The van der Waals surface area contributed by atoms with Crippen molar-refractivity contribution in [3.63, 3.8) is 0 Å². The Kier molecular flexibility index (Phi) is 9.05. The Labute approximate surface area is 201 Å². The summed E-state index contributed by atoms with van der Waals surface area (Å²) in [5, 5.41) is 6.06. The van der Waals surface area contributed by atoms with Gasteiger partial charge in [0.2, 0.25) is 5.91 Å². The Morgan fingerprint density at radius 2 is 1.79 bits per heavy atom. The molecule has 1 heterocycles. The van der Waals surface area contributed by atoms with Gasteiger partial charge < -0.3 is 20.3 Å². The van der Waals surface area contributed by atoms with E-state index in [9.17, 15) is 14.0 Å². The number of hydrogen-bond donors (Lipinski definition) is 2. The molecule has 1 aliphatic rings. The van der Waals surface area contributed by atoms with E-state index in [0.29, 0.717) is 18.4 Å². The predicted octanol–water partition coefficient (Wildman–Crippen LogP) is 4.60. The molecule has 1 atom stereocenters. The maximum atomic E-state index is 13.8. The minimum absolute atomic E-state index is 0.0531. The molecule has 6 nitrogen and oxygen atoms in total. The highest BCUT2D eigenvalue weighted by molar-refractivity contribution is 5.78. The fourth-order valence-corrected chi connectivity index (χ4v) is 4.17. The molecule has 2 amide bonds. The highest BCUT2D eigenvalue weighted by Crippen LogP contribution is 2.21. The molecule has 184 valence electrons. The summed E-state index contributed by atoms with van der Waals surface area (Å²) in [4.78, 5) is 27.1. The summed E-state index contributed by atoms with van der Waals surface area (Å²) in [6.07, 6.45) is 2.28. The van der Waals surface area contributed by atoms with Gasteiger partial charge in [0.15, 0.2) is 0 Å². The molecule has 0 saturated carbocycles. The number of halogens is 1. The zero-order valence-electron chi connectivity index (χ0n) is 20.4. The Hall–Kier alpha value is -2.93. The molecule has 0 radical (unpaired) electrons. The number of nitrogens with one attached hydrogen (secondary N) is 2. The lowest BCUT2D eigenvalue weighted by Gasteiger charge is -2.33. The minimum atomic E-state index is -0.608. The SMILES string of the molecule is CC(C)(C)OC(=O)N[C@@H](CCN1CCC(NC(=O)Cc2ccccc2)CC1)c1cccc(F)c1. The van der Waals surface area contributed by atoms with Crippen LogP contribution in [-0.2, 0) is 16.0 Å². The molecular weight excluding hydrogens is 433 g/mol. The van der Waals surface area contributed by atoms with Crippen LogP contribution in [0.3, 0.4) is 0 Å². The summed E-state index contributed by atoms with van der Waals surface area (Å²) >= 11 is 0. The van der Waals surface area contributed by atoms with Crippen molar-refractivity contribution in [2.24, 2.45) is 0 Å². The van der Waals surface area contributed by atoms with Crippen molar-refractivity contribution in [1.82, 2.24) is 15.5 Å². The molecule has 3 rings (SSSR count). The summed E-state index contributed by atoms with van der Waals surface area (Å²) < 4.78 is 19.2. The second kappa shape index (κ2) is 12.0. The first-order valence-electron chi connectivity index (χ1n) is 12.0. The first kappa shape index (κ1) is 25.7. The Bertz CT molecular complexity index is 938. The van der Waals surface area contributed by atoms with E-state index in [-0.39, 0.29) is 23.8 Å². The van der Waals surface area contributed by atoms with Gasteiger partial charge in [-0.05, 0) is 63.3 Å². The molecule has 2 aromatic carbocycles. The van der Waals surface area contributed by atoms with Crippen molar-refractivity contribution in [1.29, 1.82) is 0 Å². The molecule has 0 unspecified atom stereocenters. The molecule has 1 aliphatic heterocycles. The van der Waals surface area contributed by atoms with Gasteiger partial charge in [-0.2, -0.15) is 0 Å². The zero-order valence-corrected chi connectivity index (χ0v) is 20.4. The van der Waals surface area contributed by atoms with Crippen LogP contribution in [0.5, 0.6) is 0 Å². The van der Waals surface area contributed by atoms with Crippen molar-refractivity contribution in [2.75, 3.05) is 19.6 Å². The molecule has 0 bridgehead atoms. The van der Waals surface area contributed by atoms with Gasteiger partial charge in [-0.25, -0.2) is 9.18 Å². The third-order valence-corrected chi connectivity index (χ3v) is 5.84. The van der Waals surface area contributed by atoms with Gasteiger partial charge in [0.05, 0.1) is 12.5 Å². The van der Waals surface area contributed by atoms with Crippen molar-refractivity contribution in [3.05, 3.63) is 71.5 Å². The van der Waals surface area contributed by atoms with E-state index < -0.39 is 11.7 Å². The highest BCUT2D eigenvalue weighted by Gasteiger charge is 2.24. The summed E-state index contributed by atoms with van der Waals surface area (Å²) in [5.74, 6) is -0.280. The van der Waals surface area contributed by atoms with Crippen LogP contribution in [-0.4, -0.2) is 48.2 Å². The molecule has 1 fully saturated rings. The molecule has 0 aliphatic carbocycles. The molecule has 2 N–H and O–H groups in total. The first-order valence-corrected chi connectivity index (χ1v) is 12.0. The van der Waals surface area contributed by atoms with E-state index in [2.05, 4.69) is 15.5 Å². The molecule has 0 spiro atoms. The number of hydrogen-bond acceptors (Lipinski definition) is 4. The summed E-state index contributed by atoms with van der Waals surface area (Å²) in [6, 6.07) is 15.9. The lowest BCUT2D eigenvalue weighted by Crippen LogP contribution is -2.45. The quantitative estimate of drug-likeness (QED) is 0.593. The monoisotopic (exact) mass is 469 g/mol. The van der Waals surface area contributed by atoms with Crippen LogP contribution in [0.25, 0.3) is 0 Å². The van der Waals surface area contributed by atoms with Gasteiger partial charge in [-0.1, -0.05) is 42.5 Å². The average Bonchev–Trinajstić information content (AvgIpc) is 2.77. The number of alkyl carbamates (subject to hydrolysis) is 1. The maximum absolute atomic E-state index is 13.8. The largest absolute Gasteiger partial charge is 0.444 e. The van der Waals surface area contributed by atoms with E-state index in [1.165, 1.54) is 12.1 Å². The Morgan fingerprint density at radius 1 is 1.09 bits per heavy atom. The van der Waals surface area contributed by atoms with E-state index in [1.54, 1.807) is 6.07 Å². The van der Waals surface area contributed by atoms with Crippen molar-refractivity contribution in [2.45, 2.75) is 64.1 Å². The van der Waals surface area contributed by atoms with Crippen LogP contribution in [0.1, 0.15) is 57.2 Å². The minimum Gasteiger partial charge on any atom is -0.444 e. The Balaban J connectivity index is 1.48. The number of nitrogens with zero attached hydrogens (tertiary/aromatic N) is 1. The zero-order chi connectivity index (χ0) is 24.6. The second-order valence-corrected chi connectivity index (χ2v) is 9.89. The number of benzene rings is 2. The topological polar surface area (TPSA) is 70.7 Å². The lowest BCUT2D eigenvalue weighted by atomic mass is 10.0. The van der Waals surface area contributed by atoms with Crippen molar-refractivity contribution >= 4 is 12.0 Å². The summed E-state index contributed by atoms with van der Waals surface area (Å²) in [5.41, 5.74) is 1.12. The molecule has 1 saturated heterocycles. The highest BCUT2D eigenvalue weighted by atomic mass is 19.1. The number of piperidine rings is 1. The van der Waals surface area contributed by atoms with Gasteiger partial charge >= 0.3 is 6.09 Å². The maximum Gasteiger partial charge on any atom is 0.408 e. The van der Waals surface area contributed by atoms with Gasteiger partial charge in [0.25, 0.3) is 0 Å². The van der Waals surface area contributed by atoms with Crippen LogP contribution in [0.4, 0.5) is 9.18 Å². The number of likely N-dealkylation sites (tertiary alicyclic amines) is 1. The van der Waals surface area contributed by atoms with Crippen molar-refractivity contribution in [3.8, 4) is 0 Å². The molecule has 2 aromatic rings. The third-order valence-electron chi connectivity index (χ3n) is 5.84. The van der Waals surface area contributed by atoms with E-state index in [1.807, 2.05) is 57.2 Å². The van der Waals surface area contributed by atoms with E-state index in [4.69, 9.17) is 4.74 Å². The normalized spacial score (nSPS) is 16.0. The molecule has 7 heteroatoms.